The monoisotopic (exact) mass is 371 g/mol. The molecule has 0 spiro atoms. The highest BCUT2D eigenvalue weighted by molar-refractivity contribution is 9.10. The first-order chi connectivity index (χ1) is 9.59. The zero-order valence-corrected chi connectivity index (χ0v) is 13.9. The normalized spacial score (nSPS) is 15.7. The number of rotatable bonds is 5. The van der Waals surface area contributed by atoms with Gasteiger partial charge in [-0.25, -0.2) is 8.42 Å². The van der Waals surface area contributed by atoms with Crippen molar-refractivity contribution in [1.82, 2.24) is 4.31 Å². The first-order valence-electron chi connectivity index (χ1n) is 6.38. The van der Waals surface area contributed by atoms with Crippen LogP contribution in [0.5, 0.6) is 0 Å². The average molecular weight is 372 g/mol. The van der Waals surface area contributed by atoms with Crippen molar-refractivity contribution in [2.45, 2.75) is 29.6 Å². The van der Waals surface area contributed by atoms with Crippen LogP contribution in [0.1, 0.15) is 18.4 Å². The van der Waals surface area contributed by atoms with Crippen LogP contribution in [0.2, 0.25) is 0 Å². The Hall–Kier alpha value is -0.690. The van der Waals surface area contributed by atoms with Crippen molar-refractivity contribution in [2.24, 2.45) is 0 Å². The molecule has 0 aliphatic heterocycles. The van der Waals surface area contributed by atoms with E-state index in [1.807, 2.05) is 30.3 Å². The maximum absolute atomic E-state index is 12.8. The van der Waals surface area contributed by atoms with Gasteiger partial charge < -0.3 is 0 Å². The van der Waals surface area contributed by atoms with Crippen LogP contribution in [0.3, 0.4) is 0 Å². The number of benzene rings is 1. The van der Waals surface area contributed by atoms with Gasteiger partial charge in [-0.3, -0.25) is 0 Å². The Morgan fingerprint density at radius 2 is 1.90 bits per heavy atom. The quantitative estimate of drug-likeness (QED) is 0.799. The van der Waals surface area contributed by atoms with E-state index >= 15 is 0 Å². The Morgan fingerprint density at radius 3 is 2.45 bits per heavy atom. The molecule has 1 aliphatic rings. The van der Waals surface area contributed by atoms with Gasteiger partial charge in [-0.2, -0.15) is 4.31 Å². The van der Waals surface area contributed by atoms with Crippen LogP contribution in [0.15, 0.2) is 50.5 Å². The van der Waals surface area contributed by atoms with Gasteiger partial charge in [0.15, 0.2) is 0 Å². The third-order valence-corrected chi connectivity index (χ3v) is 7.81. The molecule has 3 nitrogen and oxygen atoms in total. The lowest BCUT2D eigenvalue weighted by molar-refractivity contribution is 0.399. The van der Waals surface area contributed by atoms with E-state index in [1.54, 1.807) is 15.8 Å². The number of nitrogens with zero attached hydrogens (tertiary/aromatic N) is 1. The third-order valence-electron chi connectivity index (χ3n) is 3.26. The number of hydrogen-bond donors (Lipinski definition) is 0. The van der Waals surface area contributed by atoms with Crippen molar-refractivity contribution < 1.29 is 8.42 Å². The molecule has 1 saturated carbocycles. The number of sulfonamides is 1. The van der Waals surface area contributed by atoms with Crippen molar-refractivity contribution in [2.75, 3.05) is 0 Å². The van der Waals surface area contributed by atoms with Crippen molar-refractivity contribution in [3.05, 3.63) is 51.8 Å². The van der Waals surface area contributed by atoms with Crippen molar-refractivity contribution in [3.63, 3.8) is 0 Å². The van der Waals surface area contributed by atoms with Gasteiger partial charge in [0, 0.05) is 17.1 Å². The van der Waals surface area contributed by atoms with Crippen LogP contribution in [0, 0.1) is 0 Å². The minimum absolute atomic E-state index is 0.147. The molecule has 0 amide bonds. The van der Waals surface area contributed by atoms with E-state index in [-0.39, 0.29) is 6.04 Å². The molecule has 0 atom stereocenters. The minimum atomic E-state index is -3.42. The van der Waals surface area contributed by atoms with Crippen LogP contribution in [0.4, 0.5) is 0 Å². The second-order valence-electron chi connectivity index (χ2n) is 4.82. The molecule has 2 aromatic rings. The Balaban J connectivity index is 1.93. The number of thiophene rings is 1. The number of hydrogen-bond acceptors (Lipinski definition) is 3. The molecule has 0 bridgehead atoms. The first kappa shape index (κ1) is 14.3. The highest BCUT2D eigenvalue weighted by atomic mass is 79.9. The largest absolute Gasteiger partial charge is 0.254 e. The smallest absolute Gasteiger partial charge is 0.206 e. The molecule has 0 N–H and O–H groups in total. The Kier molecular flexibility index (Phi) is 3.99. The van der Waals surface area contributed by atoms with E-state index in [0.717, 1.165) is 18.4 Å². The Labute approximate surface area is 131 Å². The summed E-state index contributed by atoms with van der Waals surface area (Å²) in [5.74, 6) is 0. The molecule has 1 aromatic carbocycles. The van der Waals surface area contributed by atoms with Gasteiger partial charge in [0.05, 0.1) is 0 Å². The molecule has 1 heterocycles. The number of halogens is 1. The van der Waals surface area contributed by atoms with Crippen molar-refractivity contribution >= 4 is 37.3 Å². The maximum Gasteiger partial charge on any atom is 0.254 e. The predicted octanol–water partition coefficient (Wildman–Crippen LogP) is 3.86. The lowest BCUT2D eigenvalue weighted by Crippen LogP contribution is -2.32. The van der Waals surface area contributed by atoms with Crippen LogP contribution in [-0.4, -0.2) is 18.8 Å². The van der Waals surface area contributed by atoms with Crippen LogP contribution < -0.4 is 0 Å². The van der Waals surface area contributed by atoms with Gasteiger partial charge in [0.1, 0.15) is 4.21 Å². The Bertz CT molecular complexity index is 693. The fourth-order valence-electron chi connectivity index (χ4n) is 2.11. The van der Waals surface area contributed by atoms with E-state index in [2.05, 4.69) is 15.9 Å². The van der Waals surface area contributed by atoms with Gasteiger partial charge in [-0.05, 0) is 45.8 Å². The summed E-state index contributed by atoms with van der Waals surface area (Å²) in [6.45, 7) is 0.443. The van der Waals surface area contributed by atoms with Gasteiger partial charge >= 0.3 is 0 Å². The van der Waals surface area contributed by atoms with E-state index in [9.17, 15) is 8.42 Å². The second-order valence-corrected chi connectivity index (χ2v) is 8.68. The van der Waals surface area contributed by atoms with E-state index in [0.29, 0.717) is 15.2 Å². The van der Waals surface area contributed by atoms with E-state index in [4.69, 9.17) is 0 Å². The van der Waals surface area contributed by atoms with Crippen molar-refractivity contribution in [1.29, 1.82) is 0 Å². The SMILES string of the molecule is O=S(=O)(c1sccc1Br)N(Cc1ccccc1)C1CC1. The van der Waals surface area contributed by atoms with Crippen LogP contribution in [-0.2, 0) is 16.6 Å². The second kappa shape index (κ2) is 5.60. The minimum Gasteiger partial charge on any atom is -0.206 e. The van der Waals surface area contributed by atoms with Crippen molar-refractivity contribution in [3.8, 4) is 0 Å². The molecule has 1 aromatic heterocycles. The fourth-order valence-corrected chi connectivity index (χ4v) is 6.21. The summed E-state index contributed by atoms with van der Waals surface area (Å²) in [5, 5.41) is 1.80. The summed E-state index contributed by atoms with van der Waals surface area (Å²) < 4.78 is 28.3. The Morgan fingerprint density at radius 1 is 1.20 bits per heavy atom. The molecule has 1 aliphatic carbocycles. The molecule has 106 valence electrons. The predicted molar refractivity (Wildman–Crippen MR) is 84.2 cm³/mol. The lowest BCUT2D eigenvalue weighted by Gasteiger charge is -2.21. The highest BCUT2D eigenvalue weighted by Crippen LogP contribution is 2.37. The molecule has 1 fully saturated rings. The third kappa shape index (κ3) is 2.83. The zero-order valence-electron chi connectivity index (χ0n) is 10.7. The van der Waals surface area contributed by atoms with Crippen LogP contribution >= 0.6 is 27.3 Å². The lowest BCUT2D eigenvalue weighted by atomic mass is 10.2. The summed E-state index contributed by atoms with van der Waals surface area (Å²) in [5.41, 5.74) is 1.02. The fraction of sp³-hybridized carbons (Fsp3) is 0.286. The van der Waals surface area contributed by atoms with E-state index < -0.39 is 10.0 Å². The van der Waals surface area contributed by atoms with Gasteiger partial charge in [0.2, 0.25) is 0 Å². The molecular formula is C14H14BrNO2S2. The topological polar surface area (TPSA) is 37.4 Å². The molecule has 6 heteroatoms. The molecule has 20 heavy (non-hydrogen) atoms. The zero-order chi connectivity index (χ0) is 14.2. The molecule has 0 radical (unpaired) electrons. The maximum atomic E-state index is 12.8. The van der Waals surface area contributed by atoms with Gasteiger partial charge in [-0.1, -0.05) is 30.3 Å². The summed E-state index contributed by atoms with van der Waals surface area (Å²) in [7, 11) is -3.42. The average Bonchev–Trinajstić information content (AvgIpc) is 3.18. The van der Waals surface area contributed by atoms with Crippen LogP contribution in [0.25, 0.3) is 0 Å². The summed E-state index contributed by atoms with van der Waals surface area (Å²) in [6, 6.07) is 11.7. The molecule has 0 unspecified atom stereocenters. The standard InChI is InChI=1S/C14H14BrNO2S2/c15-13-8-9-19-14(13)20(17,18)16(12-6-7-12)10-11-4-2-1-3-5-11/h1-5,8-9,12H,6-7,10H2. The van der Waals surface area contributed by atoms with Gasteiger partial charge in [0.25, 0.3) is 10.0 Å². The van der Waals surface area contributed by atoms with E-state index in [1.165, 1.54) is 11.3 Å². The molecule has 3 rings (SSSR count). The van der Waals surface area contributed by atoms with Gasteiger partial charge in [-0.15, -0.1) is 11.3 Å². The molecular weight excluding hydrogens is 358 g/mol. The summed E-state index contributed by atoms with van der Waals surface area (Å²) in [4.78, 5) is 0. The molecule has 0 saturated heterocycles. The summed E-state index contributed by atoms with van der Waals surface area (Å²) in [6.07, 6.45) is 1.91. The summed E-state index contributed by atoms with van der Waals surface area (Å²) >= 11 is 4.59. The highest BCUT2D eigenvalue weighted by Gasteiger charge is 2.39. The first-order valence-corrected chi connectivity index (χ1v) is 9.49.